The van der Waals surface area contributed by atoms with Gasteiger partial charge in [-0.15, -0.1) is 0 Å². The van der Waals surface area contributed by atoms with Crippen LogP contribution in [0.5, 0.6) is 0 Å². The predicted molar refractivity (Wildman–Crippen MR) is 98.2 cm³/mol. The number of rotatable bonds is 4. The van der Waals surface area contributed by atoms with Crippen molar-refractivity contribution in [2.75, 3.05) is 0 Å². The maximum absolute atomic E-state index is 13.1. The van der Waals surface area contributed by atoms with E-state index < -0.39 is 0 Å². The Kier molecular flexibility index (Phi) is 4.44. The van der Waals surface area contributed by atoms with Crippen molar-refractivity contribution >= 4 is 21.7 Å². The molecule has 0 spiro atoms. The molecule has 128 valence electrons. The first-order valence-corrected chi connectivity index (χ1v) is 9.28. The number of aromatic nitrogens is 3. The van der Waals surface area contributed by atoms with E-state index in [9.17, 15) is 9.18 Å². The average molecular weight is 355 g/mol. The summed E-state index contributed by atoms with van der Waals surface area (Å²) in [6.45, 7) is 0.650. The van der Waals surface area contributed by atoms with Crippen molar-refractivity contribution in [3.63, 3.8) is 0 Å². The van der Waals surface area contributed by atoms with Crippen LogP contribution in [-0.4, -0.2) is 13.9 Å². The summed E-state index contributed by atoms with van der Waals surface area (Å²) in [5.41, 5.74) is 3.39. The summed E-state index contributed by atoms with van der Waals surface area (Å²) >= 11 is 1.16. The smallest absolute Gasteiger partial charge is 0.272 e. The van der Waals surface area contributed by atoms with E-state index in [2.05, 4.69) is 15.4 Å². The van der Waals surface area contributed by atoms with Gasteiger partial charge < -0.3 is 0 Å². The van der Waals surface area contributed by atoms with E-state index in [1.54, 1.807) is 23.0 Å². The van der Waals surface area contributed by atoms with Crippen molar-refractivity contribution in [1.29, 1.82) is 0 Å². The fourth-order valence-electron chi connectivity index (χ4n) is 3.21. The van der Waals surface area contributed by atoms with E-state index in [-0.39, 0.29) is 11.4 Å². The summed E-state index contributed by atoms with van der Waals surface area (Å²) in [7, 11) is 0. The second-order valence-electron chi connectivity index (χ2n) is 6.32. The van der Waals surface area contributed by atoms with E-state index in [4.69, 9.17) is 0 Å². The topological polar surface area (TPSA) is 47.8 Å². The van der Waals surface area contributed by atoms with Gasteiger partial charge in [-0.3, -0.25) is 9.36 Å². The highest BCUT2D eigenvalue weighted by molar-refractivity contribution is 7.13. The van der Waals surface area contributed by atoms with Gasteiger partial charge in [0.15, 0.2) is 0 Å². The monoisotopic (exact) mass is 355 g/mol. The quantitative estimate of drug-likeness (QED) is 0.645. The molecule has 0 N–H and O–H groups in total. The van der Waals surface area contributed by atoms with Crippen molar-refractivity contribution in [3.05, 3.63) is 58.4 Å². The maximum Gasteiger partial charge on any atom is 0.272 e. The van der Waals surface area contributed by atoms with Crippen molar-refractivity contribution < 1.29 is 4.39 Å². The molecule has 6 heteroatoms. The molecule has 1 aliphatic carbocycles. The van der Waals surface area contributed by atoms with Crippen LogP contribution in [0.1, 0.15) is 32.1 Å². The van der Waals surface area contributed by atoms with Gasteiger partial charge in [0.25, 0.3) is 5.56 Å². The lowest BCUT2D eigenvalue weighted by molar-refractivity contribution is 0.611. The predicted octanol–water partition coefficient (Wildman–Crippen LogP) is 4.55. The summed E-state index contributed by atoms with van der Waals surface area (Å²) in [6, 6.07) is 6.10. The van der Waals surface area contributed by atoms with E-state index >= 15 is 0 Å². The molecular formula is C19H18FN3OS. The molecule has 0 radical (unpaired) electrons. The first-order chi connectivity index (χ1) is 12.2. The van der Waals surface area contributed by atoms with Crippen LogP contribution in [0.2, 0.25) is 0 Å². The lowest BCUT2D eigenvalue weighted by Gasteiger charge is -2.13. The van der Waals surface area contributed by atoms with Gasteiger partial charge >= 0.3 is 0 Å². The highest BCUT2D eigenvalue weighted by Crippen LogP contribution is 2.27. The average Bonchev–Trinajstić information content (AvgIpc) is 3.08. The number of allylic oxidation sites excluding steroid dienone is 2. The molecule has 0 unspecified atom stereocenters. The van der Waals surface area contributed by atoms with Crippen LogP contribution >= 0.6 is 11.5 Å². The second-order valence-corrected chi connectivity index (χ2v) is 7.09. The fourth-order valence-corrected chi connectivity index (χ4v) is 4.01. The Bertz CT molecular complexity index is 988. The third-order valence-electron chi connectivity index (χ3n) is 4.63. The lowest BCUT2D eigenvalue weighted by atomic mass is 9.97. The molecule has 0 fully saturated rings. The van der Waals surface area contributed by atoms with E-state index in [0.29, 0.717) is 22.5 Å². The number of fused-ring (bicyclic) bond motifs is 1. The van der Waals surface area contributed by atoms with Crippen LogP contribution < -0.4 is 5.56 Å². The largest absolute Gasteiger partial charge is 0.298 e. The van der Waals surface area contributed by atoms with Gasteiger partial charge in [0, 0.05) is 12.1 Å². The third kappa shape index (κ3) is 3.26. The normalized spacial score (nSPS) is 14.7. The van der Waals surface area contributed by atoms with Gasteiger partial charge in [0.1, 0.15) is 21.7 Å². The minimum atomic E-state index is -0.296. The molecule has 25 heavy (non-hydrogen) atoms. The summed E-state index contributed by atoms with van der Waals surface area (Å²) in [4.78, 5) is 17.2. The van der Waals surface area contributed by atoms with Gasteiger partial charge in [0.05, 0.1) is 6.33 Å². The molecule has 0 bridgehead atoms. The maximum atomic E-state index is 13.1. The molecule has 4 rings (SSSR count). The van der Waals surface area contributed by atoms with Crippen molar-refractivity contribution in [1.82, 2.24) is 13.9 Å². The van der Waals surface area contributed by atoms with Crippen LogP contribution in [0.15, 0.2) is 47.0 Å². The van der Waals surface area contributed by atoms with Crippen LogP contribution in [0.25, 0.3) is 21.5 Å². The number of halogens is 1. The number of hydrogen-bond acceptors (Lipinski definition) is 4. The molecule has 1 aromatic carbocycles. The zero-order valence-corrected chi connectivity index (χ0v) is 14.6. The van der Waals surface area contributed by atoms with Gasteiger partial charge in [-0.25, -0.2) is 9.37 Å². The van der Waals surface area contributed by atoms with Crippen molar-refractivity contribution in [2.45, 2.75) is 38.6 Å². The molecule has 3 aromatic rings. The van der Waals surface area contributed by atoms with E-state index in [1.807, 2.05) is 0 Å². The number of nitrogens with zero attached hydrogens (tertiary/aromatic N) is 3. The van der Waals surface area contributed by atoms with Gasteiger partial charge in [-0.2, -0.15) is 4.37 Å². The molecule has 0 saturated carbocycles. The van der Waals surface area contributed by atoms with Crippen molar-refractivity contribution in [2.24, 2.45) is 0 Å². The summed E-state index contributed by atoms with van der Waals surface area (Å²) in [6.07, 6.45) is 9.61. The van der Waals surface area contributed by atoms with Crippen LogP contribution in [0.3, 0.4) is 0 Å². The standard InChI is InChI=1S/C19H18FN3OS/c20-15-8-6-14(7-9-15)16-17-18(25-22-16)19(24)23(12-21-17)11-10-13-4-2-1-3-5-13/h4,6-9,12H,1-3,5,10-11H2. The van der Waals surface area contributed by atoms with Gasteiger partial charge in [-0.05, 0) is 67.9 Å². The van der Waals surface area contributed by atoms with Crippen molar-refractivity contribution in [3.8, 4) is 11.3 Å². The van der Waals surface area contributed by atoms with Crippen LogP contribution in [0, 0.1) is 5.82 Å². The molecule has 2 heterocycles. The number of hydrogen-bond donors (Lipinski definition) is 0. The van der Waals surface area contributed by atoms with E-state index in [1.165, 1.54) is 30.5 Å². The SMILES string of the molecule is O=c1c2snc(-c3ccc(F)cc3)c2ncn1CCC1=CCCCC1. The number of aryl methyl sites for hydroxylation is 1. The Morgan fingerprint density at radius 1 is 1.20 bits per heavy atom. The first kappa shape index (κ1) is 16.1. The van der Waals surface area contributed by atoms with Gasteiger partial charge in [0.2, 0.25) is 0 Å². The zero-order valence-electron chi connectivity index (χ0n) is 13.7. The molecule has 0 saturated heterocycles. The Labute approximate surface area is 148 Å². The zero-order chi connectivity index (χ0) is 17.2. The Hall–Kier alpha value is -2.34. The molecule has 1 aliphatic rings. The third-order valence-corrected chi connectivity index (χ3v) is 5.45. The Balaban J connectivity index is 1.64. The highest BCUT2D eigenvalue weighted by atomic mass is 32.1. The van der Waals surface area contributed by atoms with Crippen LogP contribution in [0.4, 0.5) is 4.39 Å². The number of benzene rings is 1. The molecule has 0 aliphatic heterocycles. The summed E-state index contributed by atoms with van der Waals surface area (Å²) in [5.74, 6) is -0.296. The molecular weight excluding hydrogens is 337 g/mol. The second kappa shape index (κ2) is 6.88. The summed E-state index contributed by atoms with van der Waals surface area (Å²) in [5, 5.41) is 0. The molecule has 0 amide bonds. The fraction of sp³-hybridized carbons (Fsp3) is 0.316. The Morgan fingerprint density at radius 2 is 2.04 bits per heavy atom. The van der Waals surface area contributed by atoms with Crippen LogP contribution in [-0.2, 0) is 6.54 Å². The Morgan fingerprint density at radius 3 is 2.80 bits per heavy atom. The summed E-state index contributed by atoms with van der Waals surface area (Å²) < 4.78 is 19.7. The lowest BCUT2D eigenvalue weighted by Crippen LogP contribution is -2.20. The minimum absolute atomic E-state index is 0.0488. The van der Waals surface area contributed by atoms with Gasteiger partial charge in [-0.1, -0.05) is 11.6 Å². The highest BCUT2D eigenvalue weighted by Gasteiger charge is 2.14. The molecule has 0 atom stereocenters. The van der Waals surface area contributed by atoms with E-state index in [0.717, 1.165) is 36.4 Å². The first-order valence-electron chi connectivity index (χ1n) is 8.51. The minimum Gasteiger partial charge on any atom is -0.298 e. The molecule has 4 nitrogen and oxygen atoms in total. The molecule has 2 aromatic heterocycles.